The van der Waals surface area contributed by atoms with Gasteiger partial charge >= 0.3 is 5.97 Å². The number of rotatable bonds is 5. The standard InChI is InChI=1S/C20H19ClFNO2/c1-5-23-17(10-18(24)25)16-9-14(6-13(4)20(16)22)19-11(2)7-15(21)8-12(19)3/h1,6-9,17,23H,10H2,2-4H3,(H,24,25)/t17-/m0/s1. The van der Waals surface area contributed by atoms with Crippen molar-refractivity contribution < 1.29 is 14.3 Å². The number of hydrogen-bond acceptors (Lipinski definition) is 2. The van der Waals surface area contributed by atoms with Gasteiger partial charge in [-0.25, -0.2) is 4.39 Å². The van der Waals surface area contributed by atoms with Crippen LogP contribution in [0.2, 0.25) is 5.02 Å². The molecule has 0 saturated carbocycles. The van der Waals surface area contributed by atoms with Crippen LogP contribution in [0.4, 0.5) is 4.39 Å². The fourth-order valence-electron chi connectivity index (χ4n) is 3.07. The fraction of sp³-hybridized carbons (Fsp3) is 0.250. The molecule has 3 nitrogen and oxygen atoms in total. The zero-order valence-corrected chi connectivity index (χ0v) is 15.0. The number of hydrogen-bond donors (Lipinski definition) is 2. The van der Waals surface area contributed by atoms with Crippen molar-refractivity contribution >= 4 is 17.6 Å². The first-order valence-corrected chi connectivity index (χ1v) is 8.12. The van der Waals surface area contributed by atoms with Gasteiger partial charge in [0.25, 0.3) is 0 Å². The predicted molar refractivity (Wildman–Crippen MR) is 98.0 cm³/mol. The smallest absolute Gasteiger partial charge is 0.305 e. The average molecular weight is 360 g/mol. The number of benzene rings is 2. The molecule has 0 spiro atoms. The summed E-state index contributed by atoms with van der Waals surface area (Å²) in [4.78, 5) is 11.1. The van der Waals surface area contributed by atoms with Gasteiger partial charge in [-0.2, -0.15) is 0 Å². The molecule has 0 aliphatic carbocycles. The van der Waals surface area contributed by atoms with E-state index in [1.54, 1.807) is 19.1 Å². The second-order valence-corrected chi connectivity index (χ2v) is 6.49. The summed E-state index contributed by atoms with van der Waals surface area (Å²) >= 11 is 6.09. The first-order chi connectivity index (χ1) is 11.7. The van der Waals surface area contributed by atoms with Gasteiger partial charge in [0, 0.05) is 16.6 Å². The first kappa shape index (κ1) is 18.8. The molecule has 0 aliphatic rings. The van der Waals surface area contributed by atoms with Gasteiger partial charge in [0.2, 0.25) is 0 Å². The van der Waals surface area contributed by atoms with Gasteiger partial charge in [0.05, 0.1) is 12.5 Å². The minimum atomic E-state index is -1.06. The molecule has 0 radical (unpaired) electrons. The van der Waals surface area contributed by atoms with E-state index in [0.717, 1.165) is 22.3 Å². The van der Waals surface area contributed by atoms with E-state index in [1.807, 2.05) is 26.0 Å². The van der Waals surface area contributed by atoms with Crippen LogP contribution in [-0.4, -0.2) is 11.1 Å². The molecule has 5 heteroatoms. The highest BCUT2D eigenvalue weighted by atomic mass is 35.5. The third-order valence-electron chi connectivity index (χ3n) is 4.08. The Morgan fingerprint density at radius 2 is 1.84 bits per heavy atom. The molecule has 1 atom stereocenters. The highest BCUT2D eigenvalue weighted by Gasteiger charge is 2.21. The van der Waals surface area contributed by atoms with Crippen molar-refractivity contribution in [3.05, 3.63) is 57.4 Å². The molecule has 0 aromatic heterocycles. The highest BCUT2D eigenvalue weighted by molar-refractivity contribution is 6.30. The summed E-state index contributed by atoms with van der Waals surface area (Å²) in [6.45, 7) is 5.51. The second kappa shape index (κ2) is 7.58. The van der Waals surface area contributed by atoms with Gasteiger partial charge in [0.1, 0.15) is 5.82 Å². The largest absolute Gasteiger partial charge is 0.481 e. The Balaban J connectivity index is 2.66. The summed E-state index contributed by atoms with van der Waals surface area (Å²) in [6, 6.07) is 8.49. The zero-order valence-electron chi connectivity index (χ0n) is 14.3. The summed E-state index contributed by atoms with van der Waals surface area (Å²) < 4.78 is 14.7. The number of aliphatic carboxylic acids is 1. The Kier molecular flexibility index (Phi) is 5.71. The van der Waals surface area contributed by atoms with E-state index in [1.165, 1.54) is 0 Å². The zero-order chi connectivity index (χ0) is 18.7. The molecule has 0 bridgehead atoms. The quantitative estimate of drug-likeness (QED) is 0.597. The second-order valence-electron chi connectivity index (χ2n) is 6.05. The van der Waals surface area contributed by atoms with E-state index in [2.05, 4.69) is 11.4 Å². The monoisotopic (exact) mass is 359 g/mol. The number of carbonyl (C=O) groups is 1. The molecule has 2 N–H and O–H groups in total. The van der Waals surface area contributed by atoms with Crippen LogP contribution in [0.5, 0.6) is 0 Å². The number of terminal acetylenes is 1. The molecule has 0 heterocycles. The molecule has 0 unspecified atom stereocenters. The summed E-state index contributed by atoms with van der Waals surface area (Å²) in [7, 11) is 0. The maximum absolute atomic E-state index is 14.7. The Hall–Kier alpha value is -2.51. The lowest BCUT2D eigenvalue weighted by molar-refractivity contribution is -0.137. The molecule has 0 amide bonds. The van der Waals surface area contributed by atoms with Crippen molar-refractivity contribution in [2.24, 2.45) is 0 Å². The Morgan fingerprint density at radius 3 is 2.36 bits per heavy atom. The third kappa shape index (κ3) is 4.12. The molecule has 0 fully saturated rings. The molecule has 25 heavy (non-hydrogen) atoms. The lowest BCUT2D eigenvalue weighted by Crippen LogP contribution is -2.21. The molecule has 0 aliphatic heterocycles. The van der Waals surface area contributed by atoms with Crippen LogP contribution in [-0.2, 0) is 4.79 Å². The number of nitrogens with one attached hydrogen (secondary N) is 1. The number of aryl methyl sites for hydroxylation is 3. The van der Waals surface area contributed by atoms with Crippen molar-refractivity contribution in [3.8, 4) is 23.6 Å². The molecule has 2 aromatic carbocycles. The van der Waals surface area contributed by atoms with E-state index >= 15 is 0 Å². The van der Waals surface area contributed by atoms with E-state index < -0.39 is 17.8 Å². The molecular weight excluding hydrogens is 341 g/mol. The van der Waals surface area contributed by atoms with Crippen LogP contribution in [0.3, 0.4) is 0 Å². The topological polar surface area (TPSA) is 49.3 Å². The van der Waals surface area contributed by atoms with Crippen LogP contribution < -0.4 is 5.32 Å². The van der Waals surface area contributed by atoms with E-state index in [4.69, 9.17) is 23.1 Å². The minimum absolute atomic E-state index is 0.240. The normalized spacial score (nSPS) is 11.7. The van der Waals surface area contributed by atoms with Crippen LogP contribution in [0.1, 0.15) is 34.7 Å². The molecule has 2 aromatic rings. The van der Waals surface area contributed by atoms with E-state index in [9.17, 15) is 9.18 Å². The summed E-state index contributed by atoms with van der Waals surface area (Å²) in [5.41, 5.74) is 4.33. The van der Waals surface area contributed by atoms with Gasteiger partial charge in [0.15, 0.2) is 0 Å². The van der Waals surface area contributed by atoms with Crippen LogP contribution in [0, 0.1) is 39.1 Å². The number of carboxylic acid groups (broad SMARTS) is 1. The maximum Gasteiger partial charge on any atom is 0.305 e. The van der Waals surface area contributed by atoms with Crippen molar-refractivity contribution in [2.45, 2.75) is 33.2 Å². The molecule has 2 rings (SSSR count). The van der Waals surface area contributed by atoms with Gasteiger partial charge in [-0.05, 0) is 72.9 Å². The fourth-order valence-corrected chi connectivity index (χ4v) is 3.40. The van der Waals surface area contributed by atoms with Crippen LogP contribution in [0.25, 0.3) is 11.1 Å². The predicted octanol–water partition coefficient (Wildman–Crippen LogP) is 4.77. The Morgan fingerprint density at radius 1 is 1.24 bits per heavy atom. The first-order valence-electron chi connectivity index (χ1n) is 7.74. The molecule has 130 valence electrons. The summed E-state index contributed by atoms with van der Waals surface area (Å²) in [5, 5.41) is 12.3. The van der Waals surface area contributed by atoms with Crippen molar-refractivity contribution in [2.75, 3.05) is 0 Å². The van der Waals surface area contributed by atoms with Gasteiger partial charge in [-0.15, -0.1) is 0 Å². The van der Waals surface area contributed by atoms with Crippen molar-refractivity contribution in [1.29, 1.82) is 0 Å². The number of carboxylic acids is 1. The minimum Gasteiger partial charge on any atom is -0.481 e. The molecule has 0 saturated heterocycles. The average Bonchev–Trinajstić information content (AvgIpc) is 2.48. The van der Waals surface area contributed by atoms with Gasteiger partial charge < -0.3 is 10.4 Å². The van der Waals surface area contributed by atoms with Crippen molar-refractivity contribution in [1.82, 2.24) is 5.32 Å². The molecular formula is C20H19ClFNO2. The van der Waals surface area contributed by atoms with Crippen molar-refractivity contribution in [3.63, 3.8) is 0 Å². The number of halogens is 2. The van der Waals surface area contributed by atoms with Crippen LogP contribution >= 0.6 is 11.6 Å². The van der Waals surface area contributed by atoms with Gasteiger partial charge in [-0.3, -0.25) is 4.79 Å². The Labute approximate surface area is 151 Å². The van der Waals surface area contributed by atoms with Gasteiger partial charge in [-0.1, -0.05) is 18.0 Å². The highest BCUT2D eigenvalue weighted by Crippen LogP contribution is 2.34. The maximum atomic E-state index is 14.7. The van der Waals surface area contributed by atoms with E-state index in [-0.39, 0.29) is 12.0 Å². The lowest BCUT2D eigenvalue weighted by Gasteiger charge is -2.19. The summed E-state index contributed by atoms with van der Waals surface area (Å²) in [5.74, 6) is -1.52. The summed E-state index contributed by atoms with van der Waals surface area (Å²) in [6.07, 6.45) is 4.94. The van der Waals surface area contributed by atoms with Crippen LogP contribution in [0.15, 0.2) is 24.3 Å². The third-order valence-corrected chi connectivity index (χ3v) is 4.30. The Bertz CT molecular complexity index is 848. The lowest BCUT2D eigenvalue weighted by atomic mass is 9.90. The van der Waals surface area contributed by atoms with E-state index in [0.29, 0.717) is 10.6 Å². The SMILES string of the molecule is C#CN[C@@H](CC(=O)O)c1cc(-c2c(C)cc(Cl)cc2C)cc(C)c1F.